The molecule has 0 spiro atoms. The van der Waals surface area contributed by atoms with Crippen molar-refractivity contribution in [1.82, 2.24) is 9.55 Å². The average Bonchev–Trinajstić information content (AvgIpc) is 3.61. The molecular weight excluding hydrogens is 738 g/mol. The molecule has 0 unspecified atom stereocenters. The molecule has 0 radical (unpaired) electrons. The number of para-hydroxylation sites is 4. The van der Waals surface area contributed by atoms with Crippen LogP contribution in [-0.2, 0) is 21.1 Å². The second-order valence-electron chi connectivity index (χ2n) is 10.6. The minimum Gasteiger partial charge on any atom is -0.510 e. The van der Waals surface area contributed by atoms with Gasteiger partial charge in [0.15, 0.2) is 0 Å². The maximum atomic E-state index is 7.82. The zero-order valence-electron chi connectivity index (χ0n) is 24.1. The van der Waals surface area contributed by atoms with Gasteiger partial charge in [0.1, 0.15) is 5.82 Å². The van der Waals surface area contributed by atoms with E-state index in [4.69, 9.17) is 11.3 Å². The number of pyridine rings is 1. The van der Waals surface area contributed by atoms with E-state index in [1.165, 1.54) is 0 Å². The van der Waals surface area contributed by atoms with Gasteiger partial charge in [0, 0.05) is 61.3 Å². The van der Waals surface area contributed by atoms with E-state index in [1.54, 1.807) is 6.07 Å². The van der Waals surface area contributed by atoms with Gasteiger partial charge in [-0.2, -0.15) is 6.07 Å². The van der Waals surface area contributed by atoms with Crippen molar-refractivity contribution < 1.29 is 25.8 Å². The monoisotopic (exact) mass is 761 g/mol. The van der Waals surface area contributed by atoms with Gasteiger partial charge in [-0.05, 0) is 60.3 Å². The second kappa shape index (κ2) is 11.6. The Balaban J connectivity index is 0.00000325. The Morgan fingerprint density at radius 3 is 2.31 bits per heavy atom. The number of aryl methyl sites for hydroxylation is 1. The van der Waals surface area contributed by atoms with Crippen LogP contribution in [0.5, 0.6) is 11.5 Å². The van der Waals surface area contributed by atoms with Gasteiger partial charge in [-0.3, -0.25) is 4.85 Å². The summed E-state index contributed by atoms with van der Waals surface area (Å²) in [5.74, 6) is 1.78. The Labute approximate surface area is 275 Å². The predicted octanol–water partition coefficient (Wildman–Crippen LogP) is 9.84. The first kappa shape index (κ1) is 28.4. The molecule has 7 aromatic rings. The molecule has 1 aliphatic rings. The summed E-state index contributed by atoms with van der Waals surface area (Å²) in [7, 11) is 0. The van der Waals surface area contributed by atoms with Crippen LogP contribution in [0.3, 0.4) is 0 Å². The first-order chi connectivity index (χ1) is 21.7. The molecule has 0 bridgehead atoms. The fraction of sp³-hybridized carbons (Fsp3) is 0.0263. The quantitative estimate of drug-likeness (QED) is 0.164. The van der Waals surface area contributed by atoms with Crippen molar-refractivity contribution in [1.29, 1.82) is 0 Å². The zero-order chi connectivity index (χ0) is 29.6. The Bertz CT molecular complexity index is 2240. The predicted molar refractivity (Wildman–Crippen MR) is 175 cm³/mol. The van der Waals surface area contributed by atoms with Crippen LogP contribution in [0.4, 0.5) is 28.4 Å². The van der Waals surface area contributed by atoms with E-state index in [0.717, 1.165) is 50.2 Å². The number of aromatic nitrogens is 2. The number of fused-ring (bicyclic) bond motifs is 4. The molecule has 0 aliphatic carbocycles. The van der Waals surface area contributed by atoms with Crippen LogP contribution in [0.2, 0.25) is 0 Å². The summed E-state index contributed by atoms with van der Waals surface area (Å²) in [6.45, 7) is 11.9. The van der Waals surface area contributed by atoms with Gasteiger partial charge >= 0.3 is 0 Å². The number of hydrogen-bond donors (Lipinski definition) is 0. The molecule has 3 heterocycles. The van der Waals surface area contributed by atoms with E-state index in [-0.39, 0.29) is 21.1 Å². The molecule has 6 nitrogen and oxygen atoms in total. The van der Waals surface area contributed by atoms with Crippen LogP contribution >= 0.6 is 0 Å². The number of rotatable bonds is 5. The minimum absolute atomic E-state index is 0. The van der Waals surface area contributed by atoms with Crippen molar-refractivity contribution in [2.24, 2.45) is 0 Å². The molecule has 0 saturated heterocycles. The van der Waals surface area contributed by atoms with Gasteiger partial charge < -0.3 is 19.1 Å². The van der Waals surface area contributed by atoms with E-state index >= 15 is 0 Å². The molecule has 45 heavy (non-hydrogen) atoms. The fourth-order valence-electron chi connectivity index (χ4n) is 5.79. The normalized spacial score (nSPS) is 12.2. The summed E-state index contributed by atoms with van der Waals surface area (Å²) in [6, 6.07) is 45.1. The topological polar surface area (TPSA) is 37.9 Å². The van der Waals surface area contributed by atoms with Crippen LogP contribution in [-0.4, -0.2) is 9.55 Å². The number of benzene rings is 5. The summed E-state index contributed by atoms with van der Waals surface area (Å²) >= 11 is 0. The smallest absolute Gasteiger partial charge is 0.135 e. The SMILES string of the molecule is [C-]#[N+]c1cc(Oc2[c-]c3c(cc2)c2ccccc2n3-c2cc(C)ccn2)[c-]c(N2[CH-]N(c3ccccc3)c3ccccc32)c1.[Pt]. The standard InChI is InChI=1S/C38H24N5O.Pt/c1-26-18-19-40-38(20-26)43-34-13-7-6-12-32(34)33-17-16-30(24-37(33)43)44-31-22-27(39-2)21-29(23-31)42-25-41(28-10-4-3-5-11-28)35-14-8-9-15-36(35)42;/h3-22,25H,1H3;/q-3;. The van der Waals surface area contributed by atoms with Gasteiger partial charge in [-0.1, -0.05) is 54.0 Å². The van der Waals surface area contributed by atoms with Gasteiger partial charge in [-0.15, -0.1) is 48.1 Å². The molecule has 8 rings (SSSR count). The van der Waals surface area contributed by atoms with E-state index < -0.39 is 0 Å². The Kier molecular flexibility index (Phi) is 7.33. The van der Waals surface area contributed by atoms with Crippen LogP contribution in [0.25, 0.3) is 32.5 Å². The first-order valence-electron chi connectivity index (χ1n) is 14.2. The summed E-state index contributed by atoms with van der Waals surface area (Å²) in [5, 5.41) is 2.17. The third-order valence-corrected chi connectivity index (χ3v) is 7.78. The molecule has 0 saturated carbocycles. The number of nitrogens with zero attached hydrogens (tertiary/aromatic N) is 5. The minimum atomic E-state index is 0. The van der Waals surface area contributed by atoms with Crippen LogP contribution in [0, 0.1) is 32.3 Å². The van der Waals surface area contributed by atoms with Crippen LogP contribution in [0.1, 0.15) is 5.56 Å². The Morgan fingerprint density at radius 2 is 1.51 bits per heavy atom. The summed E-state index contributed by atoms with van der Waals surface area (Å²) < 4.78 is 8.51. The van der Waals surface area contributed by atoms with Crippen molar-refractivity contribution in [2.75, 3.05) is 9.80 Å². The number of ether oxygens (including phenoxy) is 1. The van der Waals surface area contributed by atoms with Crippen molar-refractivity contribution in [3.8, 4) is 17.3 Å². The molecule has 0 N–H and O–H groups in total. The molecule has 0 atom stereocenters. The van der Waals surface area contributed by atoms with Gasteiger partial charge in [0.2, 0.25) is 0 Å². The van der Waals surface area contributed by atoms with E-state index in [9.17, 15) is 0 Å². The molecule has 2 aromatic heterocycles. The van der Waals surface area contributed by atoms with Crippen molar-refractivity contribution in [2.45, 2.75) is 6.92 Å². The van der Waals surface area contributed by atoms with Gasteiger partial charge in [0.05, 0.1) is 12.3 Å². The first-order valence-corrected chi connectivity index (χ1v) is 14.2. The molecule has 1 aliphatic heterocycles. The number of hydrogen-bond acceptors (Lipinski definition) is 4. The van der Waals surface area contributed by atoms with Crippen molar-refractivity contribution >= 4 is 50.2 Å². The van der Waals surface area contributed by atoms with Gasteiger partial charge in [0.25, 0.3) is 0 Å². The third-order valence-electron chi connectivity index (χ3n) is 7.78. The Morgan fingerprint density at radius 1 is 0.756 bits per heavy atom. The second-order valence-corrected chi connectivity index (χ2v) is 10.6. The Hall–Kier alpha value is -5.37. The number of anilines is 4. The molecule has 7 heteroatoms. The third kappa shape index (κ3) is 5.02. The molecular formula is C38H24N5OPt-3. The van der Waals surface area contributed by atoms with Gasteiger partial charge in [-0.25, -0.2) is 4.98 Å². The molecule has 5 aromatic carbocycles. The fourth-order valence-corrected chi connectivity index (χ4v) is 5.79. The zero-order valence-corrected chi connectivity index (χ0v) is 26.4. The molecule has 0 fully saturated rings. The summed E-state index contributed by atoms with van der Waals surface area (Å²) in [6.07, 6.45) is 1.82. The molecule has 220 valence electrons. The maximum Gasteiger partial charge on any atom is 0.135 e. The van der Waals surface area contributed by atoms with Crippen LogP contribution in [0.15, 0.2) is 121 Å². The summed E-state index contributed by atoms with van der Waals surface area (Å²) in [4.78, 5) is 12.6. The molecule has 0 amide bonds. The maximum absolute atomic E-state index is 7.82. The van der Waals surface area contributed by atoms with Crippen molar-refractivity contribution in [3.63, 3.8) is 0 Å². The van der Waals surface area contributed by atoms with Crippen LogP contribution < -0.4 is 14.5 Å². The largest absolute Gasteiger partial charge is 0.510 e. The van der Waals surface area contributed by atoms with E-state index in [2.05, 4.69) is 86.9 Å². The average molecular weight is 762 g/mol. The van der Waals surface area contributed by atoms with E-state index in [1.807, 2.05) is 78.4 Å². The van der Waals surface area contributed by atoms with Crippen molar-refractivity contribution in [3.05, 3.63) is 157 Å². The van der Waals surface area contributed by atoms with E-state index in [0.29, 0.717) is 22.9 Å². The summed E-state index contributed by atoms with van der Waals surface area (Å²) in [5.41, 5.74) is 7.27.